The van der Waals surface area contributed by atoms with Gasteiger partial charge in [0, 0.05) is 18.0 Å². The second-order valence-electron chi connectivity index (χ2n) is 9.91. The number of nitrogens with zero attached hydrogens (tertiary/aromatic N) is 2. The minimum atomic E-state index is -0.450. The quantitative estimate of drug-likeness (QED) is 0.262. The smallest absolute Gasteiger partial charge is 0.242 e. The van der Waals surface area contributed by atoms with Gasteiger partial charge in [0.05, 0.1) is 18.5 Å². The zero-order chi connectivity index (χ0) is 26.5. The highest BCUT2D eigenvalue weighted by Gasteiger charge is 2.35. The molecule has 0 saturated carbocycles. The van der Waals surface area contributed by atoms with E-state index in [0.29, 0.717) is 13.1 Å². The molecule has 4 aromatic rings. The van der Waals surface area contributed by atoms with Crippen molar-refractivity contribution in [3.8, 4) is 0 Å². The molecule has 0 aliphatic carbocycles. The first kappa shape index (κ1) is 25.9. The van der Waals surface area contributed by atoms with Crippen LogP contribution in [-0.4, -0.2) is 41.2 Å². The molecule has 1 aliphatic rings. The third-order valence-corrected chi connectivity index (χ3v) is 8.41. The first-order valence-electron chi connectivity index (χ1n) is 13.4. The Bertz CT molecular complexity index is 1340. The van der Waals surface area contributed by atoms with E-state index in [1.807, 2.05) is 77.7 Å². The molecule has 1 atom stereocenters. The van der Waals surface area contributed by atoms with Crippen molar-refractivity contribution >= 4 is 23.2 Å². The SMILES string of the molecule is CCCN(CC(=O)N1CCc2sccc2C1c1ccccc1C)C(=O)C(c1ccccc1)c1ccccc1. The number of hydrogen-bond acceptors (Lipinski definition) is 3. The van der Waals surface area contributed by atoms with Crippen LogP contribution in [0.3, 0.4) is 0 Å². The first-order chi connectivity index (χ1) is 18.6. The van der Waals surface area contributed by atoms with Crippen LogP contribution < -0.4 is 0 Å². The van der Waals surface area contributed by atoms with E-state index in [4.69, 9.17) is 0 Å². The number of aryl methyl sites for hydroxylation is 1. The Balaban J connectivity index is 1.46. The van der Waals surface area contributed by atoms with E-state index in [0.717, 1.165) is 29.5 Å². The largest absolute Gasteiger partial charge is 0.333 e. The lowest BCUT2D eigenvalue weighted by Gasteiger charge is -2.38. The maximum Gasteiger partial charge on any atom is 0.242 e. The molecule has 0 spiro atoms. The van der Waals surface area contributed by atoms with Gasteiger partial charge in [0.15, 0.2) is 0 Å². The van der Waals surface area contributed by atoms with Gasteiger partial charge in [-0.3, -0.25) is 9.59 Å². The highest BCUT2D eigenvalue weighted by molar-refractivity contribution is 7.10. The fourth-order valence-electron chi connectivity index (χ4n) is 5.56. The molecule has 4 nitrogen and oxygen atoms in total. The van der Waals surface area contributed by atoms with Crippen molar-refractivity contribution in [2.45, 2.75) is 38.6 Å². The van der Waals surface area contributed by atoms with E-state index in [2.05, 4.69) is 37.4 Å². The number of fused-ring (bicyclic) bond motifs is 1. The molecule has 3 aromatic carbocycles. The van der Waals surface area contributed by atoms with E-state index in [-0.39, 0.29) is 24.4 Å². The van der Waals surface area contributed by atoms with E-state index in [9.17, 15) is 9.59 Å². The summed E-state index contributed by atoms with van der Waals surface area (Å²) in [6.45, 7) is 5.42. The van der Waals surface area contributed by atoms with Crippen molar-refractivity contribution < 1.29 is 9.59 Å². The standard InChI is InChI=1S/C33H34N2O2S/c1-3-20-34(33(37)31(25-13-6-4-7-14-25)26-15-8-5-9-16-26)23-30(36)35-21-18-29-28(19-22-38-29)32(35)27-17-11-10-12-24(27)2/h4-17,19,22,31-32H,3,18,20-21,23H2,1-2H3. The molecule has 0 radical (unpaired) electrons. The summed E-state index contributed by atoms with van der Waals surface area (Å²) < 4.78 is 0. The van der Waals surface area contributed by atoms with Crippen molar-refractivity contribution in [2.75, 3.05) is 19.6 Å². The van der Waals surface area contributed by atoms with Gasteiger partial charge in [-0.25, -0.2) is 0 Å². The Kier molecular flexibility index (Phi) is 8.04. The molecule has 0 bridgehead atoms. The third-order valence-electron chi connectivity index (χ3n) is 7.41. The number of hydrogen-bond donors (Lipinski definition) is 0. The van der Waals surface area contributed by atoms with Crippen LogP contribution in [0.15, 0.2) is 96.4 Å². The van der Waals surface area contributed by atoms with Crippen molar-refractivity contribution in [1.29, 1.82) is 0 Å². The van der Waals surface area contributed by atoms with E-state index in [1.165, 1.54) is 16.0 Å². The van der Waals surface area contributed by atoms with Gasteiger partial charge in [0.1, 0.15) is 0 Å². The van der Waals surface area contributed by atoms with Crippen LogP contribution in [0, 0.1) is 6.92 Å². The lowest BCUT2D eigenvalue weighted by Crippen LogP contribution is -2.48. The topological polar surface area (TPSA) is 40.6 Å². The Morgan fingerprint density at radius 3 is 2.16 bits per heavy atom. The molecule has 1 aromatic heterocycles. The van der Waals surface area contributed by atoms with Gasteiger partial charge in [0.25, 0.3) is 0 Å². The van der Waals surface area contributed by atoms with Crippen molar-refractivity contribution in [1.82, 2.24) is 9.80 Å². The van der Waals surface area contributed by atoms with Crippen LogP contribution in [0.5, 0.6) is 0 Å². The second kappa shape index (κ2) is 11.8. The Hall–Kier alpha value is -3.70. The van der Waals surface area contributed by atoms with Gasteiger partial charge in [-0.2, -0.15) is 0 Å². The summed E-state index contributed by atoms with van der Waals surface area (Å²) in [6.07, 6.45) is 1.63. The average molecular weight is 523 g/mol. The van der Waals surface area contributed by atoms with Gasteiger partial charge < -0.3 is 9.80 Å². The molecular formula is C33H34N2O2S. The van der Waals surface area contributed by atoms with Crippen LogP contribution in [0.2, 0.25) is 0 Å². The number of rotatable bonds is 8. The molecule has 1 unspecified atom stereocenters. The Morgan fingerprint density at radius 1 is 0.895 bits per heavy atom. The van der Waals surface area contributed by atoms with Crippen LogP contribution in [0.25, 0.3) is 0 Å². The molecule has 194 valence electrons. The highest BCUT2D eigenvalue weighted by atomic mass is 32.1. The molecule has 38 heavy (non-hydrogen) atoms. The molecule has 2 heterocycles. The monoisotopic (exact) mass is 522 g/mol. The molecule has 1 aliphatic heterocycles. The highest BCUT2D eigenvalue weighted by Crippen LogP contribution is 2.39. The van der Waals surface area contributed by atoms with Crippen molar-refractivity contribution in [3.63, 3.8) is 0 Å². The van der Waals surface area contributed by atoms with E-state index < -0.39 is 5.92 Å². The lowest BCUT2D eigenvalue weighted by atomic mass is 9.89. The number of carbonyl (C=O) groups excluding carboxylic acids is 2. The van der Waals surface area contributed by atoms with Crippen molar-refractivity contribution in [2.24, 2.45) is 0 Å². The normalized spacial score (nSPS) is 14.8. The summed E-state index contributed by atoms with van der Waals surface area (Å²) in [4.78, 5) is 33.3. The molecule has 0 N–H and O–H groups in total. The minimum Gasteiger partial charge on any atom is -0.333 e. The summed E-state index contributed by atoms with van der Waals surface area (Å²) in [7, 11) is 0. The average Bonchev–Trinajstić information content (AvgIpc) is 3.43. The van der Waals surface area contributed by atoms with E-state index >= 15 is 0 Å². The molecule has 0 saturated heterocycles. The van der Waals surface area contributed by atoms with Crippen LogP contribution in [0.4, 0.5) is 0 Å². The van der Waals surface area contributed by atoms with Crippen LogP contribution in [0.1, 0.15) is 58.0 Å². The minimum absolute atomic E-state index is 0.00298. The summed E-state index contributed by atoms with van der Waals surface area (Å²) in [6, 6.07) is 30.1. The van der Waals surface area contributed by atoms with E-state index in [1.54, 1.807) is 16.2 Å². The molecule has 5 rings (SSSR count). The van der Waals surface area contributed by atoms with Crippen LogP contribution >= 0.6 is 11.3 Å². The number of benzene rings is 3. The first-order valence-corrected chi connectivity index (χ1v) is 14.3. The predicted molar refractivity (Wildman–Crippen MR) is 154 cm³/mol. The van der Waals surface area contributed by atoms with Crippen molar-refractivity contribution in [3.05, 3.63) is 129 Å². The fourth-order valence-corrected chi connectivity index (χ4v) is 6.46. The summed E-state index contributed by atoms with van der Waals surface area (Å²) >= 11 is 1.77. The van der Waals surface area contributed by atoms with Gasteiger partial charge >= 0.3 is 0 Å². The van der Waals surface area contributed by atoms with Gasteiger partial charge in [-0.1, -0.05) is 91.9 Å². The number of amides is 2. The summed E-state index contributed by atoms with van der Waals surface area (Å²) in [5, 5.41) is 2.13. The predicted octanol–water partition coefficient (Wildman–Crippen LogP) is 6.60. The fraction of sp³-hybridized carbons (Fsp3) is 0.273. The zero-order valence-electron chi connectivity index (χ0n) is 22.0. The molecule has 0 fully saturated rings. The molecular weight excluding hydrogens is 488 g/mol. The Labute approximate surface area is 229 Å². The van der Waals surface area contributed by atoms with Gasteiger partial charge in [-0.15, -0.1) is 11.3 Å². The summed E-state index contributed by atoms with van der Waals surface area (Å²) in [5.41, 5.74) is 5.42. The molecule has 5 heteroatoms. The maximum atomic E-state index is 14.2. The lowest BCUT2D eigenvalue weighted by molar-refractivity contribution is -0.142. The van der Waals surface area contributed by atoms with Gasteiger partial charge in [0.2, 0.25) is 11.8 Å². The zero-order valence-corrected chi connectivity index (χ0v) is 22.9. The Morgan fingerprint density at radius 2 is 1.53 bits per heavy atom. The van der Waals surface area contributed by atoms with Gasteiger partial charge in [-0.05, 0) is 59.0 Å². The maximum absolute atomic E-state index is 14.2. The van der Waals surface area contributed by atoms with Crippen LogP contribution in [-0.2, 0) is 16.0 Å². The molecule has 2 amide bonds. The second-order valence-corrected chi connectivity index (χ2v) is 10.9. The summed E-state index contributed by atoms with van der Waals surface area (Å²) in [5.74, 6) is -0.483. The number of thiophene rings is 1. The number of carbonyl (C=O) groups is 2. The third kappa shape index (κ3) is 5.30.